The van der Waals surface area contributed by atoms with Gasteiger partial charge in [0.2, 0.25) is 5.78 Å². The number of nitrogens with one attached hydrogen (secondary N) is 1. The standard InChI is InChI=1S/C28H26N2O6/c1-5-35-28(33)25-16(2)26(29-17(25)3)24(31)15-36-27(32)21-14-23(18-10-12-19(34-4)13-11-18)30-22-9-7-6-8-20(21)22/h6-14,29H,5,15H2,1-4H3. The van der Waals surface area contributed by atoms with E-state index in [-0.39, 0.29) is 12.3 Å². The Labute approximate surface area is 208 Å². The SMILES string of the molecule is CCOC(=O)c1c(C)[nH]c(C(=O)COC(=O)c2cc(-c3ccc(OC)cc3)nc3ccccc23)c1C. The van der Waals surface area contributed by atoms with Crippen molar-refractivity contribution in [2.24, 2.45) is 0 Å². The topological polar surface area (TPSA) is 108 Å². The number of esters is 2. The maximum absolute atomic E-state index is 13.1. The lowest BCUT2D eigenvalue weighted by molar-refractivity contribution is 0.0474. The zero-order chi connectivity index (χ0) is 25.8. The summed E-state index contributed by atoms with van der Waals surface area (Å²) in [5.74, 6) is -0.899. The number of fused-ring (bicyclic) bond motifs is 1. The first-order valence-electron chi connectivity index (χ1n) is 11.4. The van der Waals surface area contributed by atoms with Crippen molar-refractivity contribution in [3.8, 4) is 17.0 Å². The summed E-state index contributed by atoms with van der Waals surface area (Å²) in [6.07, 6.45) is 0. The van der Waals surface area contributed by atoms with Gasteiger partial charge in [0.25, 0.3) is 0 Å². The number of carbonyl (C=O) groups excluding carboxylic acids is 3. The minimum Gasteiger partial charge on any atom is -0.497 e. The molecule has 0 radical (unpaired) electrons. The largest absolute Gasteiger partial charge is 0.497 e. The maximum atomic E-state index is 13.1. The monoisotopic (exact) mass is 486 g/mol. The fraction of sp³-hybridized carbons (Fsp3) is 0.214. The first-order chi connectivity index (χ1) is 17.3. The Bertz CT molecular complexity index is 1450. The van der Waals surface area contributed by atoms with Crippen LogP contribution in [0.5, 0.6) is 5.75 Å². The van der Waals surface area contributed by atoms with Gasteiger partial charge in [0.15, 0.2) is 6.61 Å². The number of hydrogen-bond acceptors (Lipinski definition) is 7. The highest BCUT2D eigenvalue weighted by Gasteiger charge is 2.24. The average Bonchev–Trinajstić information content (AvgIpc) is 3.20. The number of ketones is 1. The third-order valence-electron chi connectivity index (χ3n) is 5.85. The van der Waals surface area contributed by atoms with E-state index in [9.17, 15) is 14.4 Å². The molecule has 0 aliphatic heterocycles. The van der Waals surface area contributed by atoms with Gasteiger partial charge in [0, 0.05) is 16.6 Å². The average molecular weight is 487 g/mol. The zero-order valence-corrected chi connectivity index (χ0v) is 20.5. The van der Waals surface area contributed by atoms with Crippen molar-refractivity contribution < 1.29 is 28.6 Å². The second-order valence-corrected chi connectivity index (χ2v) is 8.15. The number of Topliss-reactive ketones (excluding diaryl/α,β-unsaturated/α-hetero) is 1. The van der Waals surface area contributed by atoms with Crippen LogP contribution >= 0.6 is 0 Å². The molecule has 0 saturated heterocycles. The van der Waals surface area contributed by atoms with Gasteiger partial charge in [0.1, 0.15) is 5.75 Å². The third-order valence-corrected chi connectivity index (χ3v) is 5.85. The van der Waals surface area contributed by atoms with Crippen LogP contribution in [0.4, 0.5) is 0 Å². The van der Waals surface area contributed by atoms with E-state index in [1.165, 1.54) is 0 Å². The minimum atomic E-state index is -0.650. The summed E-state index contributed by atoms with van der Waals surface area (Å²) in [5, 5.41) is 0.615. The Kier molecular flexibility index (Phi) is 7.15. The molecule has 0 amide bonds. The van der Waals surface area contributed by atoms with Crippen LogP contribution in [0.25, 0.3) is 22.2 Å². The van der Waals surface area contributed by atoms with Gasteiger partial charge in [-0.15, -0.1) is 0 Å². The Hall–Kier alpha value is -4.46. The van der Waals surface area contributed by atoms with E-state index in [1.807, 2.05) is 36.4 Å². The Morgan fingerprint density at radius 2 is 1.67 bits per heavy atom. The quantitative estimate of drug-likeness (QED) is 0.274. The number of ether oxygens (including phenoxy) is 3. The van der Waals surface area contributed by atoms with Gasteiger partial charge in [-0.05, 0) is 62.7 Å². The number of rotatable bonds is 8. The molecule has 0 unspecified atom stereocenters. The predicted molar refractivity (Wildman–Crippen MR) is 135 cm³/mol. The van der Waals surface area contributed by atoms with Crippen molar-refractivity contribution in [2.45, 2.75) is 20.8 Å². The number of carbonyl (C=O) groups is 3. The number of aromatic nitrogens is 2. The molecule has 4 aromatic rings. The third kappa shape index (κ3) is 4.84. The summed E-state index contributed by atoms with van der Waals surface area (Å²) in [4.78, 5) is 45.8. The van der Waals surface area contributed by atoms with Crippen molar-refractivity contribution in [3.05, 3.63) is 82.7 Å². The normalized spacial score (nSPS) is 10.8. The van der Waals surface area contributed by atoms with Crippen LogP contribution in [-0.2, 0) is 9.47 Å². The maximum Gasteiger partial charge on any atom is 0.340 e. The van der Waals surface area contributed by atoms with Crippen LogP contribution in [0.15, 0.2) is 54.6 Å². The fourth-order valence-electron chi connectivity index (χ4n) is 4.07. The number of aryl methyl sites for hydroxylation is 1. The van der Waals surface area contributed by atoms with Crippen LogP contribution in [0, 0.1) is 13.8 Å². The van der Waals surface area contributed by atoms with Crippen LogP contribution in [0.2, 0.25) is 0 Å². The molecule has 0 aliphatic carbocycles. The molecule has 0 fully saturated rings. The van der Waals surface area contributed by atoms with Crippen molar-refractivity contribution in [3.63, 3.8) is 0 Å². The highest BCUT2D eigenvalue weighted by molar-refractivity contribution is 6.07. The number of methoxy groups -OCH3 is 1. The van der Waals surface area contributed by atoms with E-state index in [0.29, 0.717) is 44.7 Å². The molecule has 2 aromatic heterocycles. The Morgan fingerprint density at radius 3 is 2.36 bits per heavy atom. The molecule has 8 heteroatoms. The molecular formula is C28H26N2O6. The molecule has 0 saturated carbocycles. The van der Waals surface area contributed by atoms with Gasteiger partial charge in [-0.1, -0.05) is 18.2 Å². The summed E-state index contributed by atoms with van der Waals surface area (Å²) in [7, 11) is 1.59. The fourth-order valence-corrected chi connectivity index (χ4v) is 4.07. The van der Waals surface area contributed by atoms with Crippen molar-refractivity contribution in [1.29, 1.82) is 0 Å². The smallest absolute Gasteiger partial charge is 0.340 e. The number of nitrogens with zero attached hydrogens (tertiary/aromatic N) is 1. The first kappa shape index (κ1) is 24.7. The number of aromatic amines is 1. The Balaban J connectivity index is 1.60. The highest BCUT2D eigenvalue weighted by atomic mass is 16.5. The number of H-pyrrole nitrogens is 1. The van der Waals surface area contributed by atoms with Crippen molar-refractivity contribution in [2.75, 3.05) is 20.3 Å². The van der Waals surface area contributed by atoms with E-state index >= 15 is 0 Å². The molecule has 1 N–H and O–H groups in total. The van der Waals surface area contributed by atoms with Crippen molar-refractivity contribution in [1.82, 2.24) is 9.97 Å². The van der Waals surface area contributed by atoms with Gasteiger partial charge in [-0.25, -0.2) is 14.6 Å². The van der Waals surface area contributed by atoms with Crippen LogP contribution in [-0.4, -0.2) is 48.0 Å². The summed E-state index contributed by atoms with van der Waals surface area (Å²) < 4.78 is 15.7. The van der Waals surface area contributed by atoms with E-state index < -0.39 is 24.3 Å². The predicted octanol–water partition coefficient (Wildman–Crippen LogP) is 5.07. The summed E-state index contributed by atoms with van der Waals surface area (Å²) >= 11 is 0. The molecule has 0 bridgehead atoms. The highest BCUT2D eigenvalue weighted by Crippen LogP contribution is 2.27. The summed E-state index contributed by atoms with van der Waals surface area (Å²) in [5.41, 5.74) is 3.82. The molecule has 8 nitrogen and oxygen atoms in total. The van der Waals surface area contributed by atoms with Gasteiger partial charge in [0.05, 0.1) is 41.7 Å². The number of benzene rings is 2. The second-order valence-electron chi connectivity index (χ2n) is 8.15. The molecule has 36 heavy (non-hydrogen) atoms. The second kappa shape index (κ2) is 10.4. The van der Waals surface area contributed by atoms with E-state index in [4.69, 9.17) is 14.2 Å². The Morgan fingerprint density at radius 1 is 0.944 bits per heavy atom. The van der Waals surface area contributed by atoms with Gasteiger partial charge >= 0.3 is 11.9 Å². The van der Waals surface area contributed by atoms with Crippen LogP contribution < -0.4 is 4.74 Å². The molecule has 2 aromatic carbocycles. The molecule has 0 atom stereocenters. The van der Waals surface area contributed by atoms with E-state index in [2.05, 4.69) is 9.97 Å². The first-order valence-corrected chi connectivity index (χ1v) is 11.4. The van der Waals surface area contributed by atoms with Crippen LogP contribution in [0.3, 0.4) is 0 Å². The number of hydrogen-bond donors (Lipinski definition) is 1. The molecule has 2 heterocycles. The number of pyridine rings is 1. The lowest BCUT2D eigenvalue weighted by Crippen LogP contribution is -2.16. The number of para-hydroxylation sites is 1. The lowest BCUT2D eigenvalue weighted by atomic mass is 10.0. The summed E-state index contributed by atoms with van der Waals surface area (Å²) in [6.45, 7) is 4.79. The van der Waals surface area contributed by atoms with Gasteiger partial charge in [-0.3, -0.25) is 4.79 Å². The minimum absolute atomic E-state index is 0.210. The van der Waals surface area contributed by atoms with E-state index in [0.717, 1.165) is 5.56 Å². The van der Waals surface area contributed by atoms with Crippen molar-refractivity contribution >= 4 is 28.6 Å². The molecular weight excluding hydrogens is 460 g/mol. The van der Waals surface area contributed by atoms with Gasteiger partial charge < -0.3 is 19.2 Å². The zero-order valence-electron chi connectivity index (χ0n) is 20.5. The lowest BCUT2D eigenvalue weighted by Gasteiger charge is -2.10. The molecule has 0 spiro atoms. The van der Waals surface area contributed by atoms with Gasteiger partial charge in [-0.2, -0.15) is 0 Å². The molecule has 184 valence electrons. The van der Waals surface area contributed by atoms with Crippen LogP contribution in [0.1, 0.15) is 49.4 Å². The molecule has 0 aliphatic rings. The van der Waals surface area contributed by atoms with E-state index in [1.54, 1.807) is 46.1 Å². The summed E-state index contributed by atoms with van der Waals surface area (Å²) in [6, 6.07) is 16.2. The molecule has 4 rings (SSSR count).